The van der Waals surface area contributed by atoms with Gasteiger partial charge in [0.2, 0.25) is 11.5 Å². The van der Waals surface area contributed by atoms with Crippen LogP contribution < -0.4 is 10.6 Å². The van der Waals surface area contributed by atoms with Gasteiger partial charge in [0.25, 0.3) is 5.91 Å². The van der Waals surface area contributed by atoms with E-state index in [9.17, 15) is 23.6 Å². The first-order chi connectivity index (χ1) is 17.8. The number of nitrogens with one attached hydrogen (secondary N) is 2. The van der Waals surface area contributed by atoms with Crippen molar-refractivity contribution in [2.75, 3.05) is 18.9 Å². The largest absolute Gasteiger partial charge is 0.427 e. The highest BCUT2D eigenvalue weighted by molar-refractivity contribution is 6.06. The van der Waals surface area contributed by atoms with E-state index in [-0.39, 0.29) is 12.5 Å². The van der Waals surface area contributed by atoms with Gasteiger partial charge in [0, 0.05) is 31.1 Å². The number of ether oxygens (including phenoxy) is 1. The van der Waals surface area contributed by atoms with Crippen LogP contribution in [0.2, 0.25) is 0 Å². The summed E-state index contributed by atoms with van der Waals surface area (Å²) in [4.78, 5) is 57.1. The molecule has 5 amide bonds. The molecule has 11 heteroatoms. The Bertz CT molecular complexity index is 1340. The van der Waals surface area contributed by atoms with E-state index in [2.05, 4.69) is 15.5 Å². The predicted molar refractivity (Wildman–Crippen MR) is 128 cm³/mol. The molecule has 5 rings (SSSR count). The fraction of sp³-hybridized carbons (Fsp3) is 0.346. The lowest BCUT2D eigenvalue weighted by atomic mass is 9.94. The van der Waals surface area contributed by atoms with E-state index in [0.29, 0.717) is 36.1 Å². The number of urea groups is 1. The number of hydrogen-bond donors (Lipinski definition) is 2. The first-order valence-electron chi connectivity index (χ1n) is 11.9. The molecule has 2 aromatic carbocycles. The van der Waals surface area contributed by atoms with E-state index in [1.165, 1.54) is 24.1 Å². The maximum atomic E-state index is 13.5. The zero-order chi connectivity index (χ0) is 26.3. The molecule has 3 aliphatic rings. The number of imide groups is 1. The molecule has 0 bridgehead atoms. The van der Waals surface area contributed by atoms with Gasteiger partial charge in [0.05, 0.1) is 6.04 Å². The number of aryl methyl sites for hydroxylation is 1. The average molecular weight is 506 g/mol. The third kappa shape index (κ3) is 4.04. The van der Waals surface area contributed by atoms with Gasteiger partial charge in [-0.15, -0.1) is 0 Å². The molecule has 190 valence electrons. The maximum Gasteiger partial charge on any atom is 0.418 e. The Morgan fingerprint density at radius 3 is 2.65 bits per heavy atom. The van der Waals surface area contributed by atoms with E-state index < -0.39 is 48.1 Å². The van der Waals surface area contributed by atoms with E-state index >= 15 is 0 Å². The number of amides is 5. The summed E-state index contributed by atoms with van der Waals surface area (Å²) in [7, 11) is 1.49. The second-order valence-electron chi connectivity index (χ2n) is 9.22. The molecular weight excluding hydrogens is 481 g/mol. The van der Waals surface area contributed by atoms with E-state index in [1.54, 1.807) is 30.3 Å². The van der Waals surface area contributed by atoms with Crippen LogP contribution in [0.15, 0.2) is 42.5 Å². The summed E-state index contributed by atoms with van der Waals surface area (Å²) in [6.07, 6.45) is -0.0725. The average Bonchev–Trinajstić information content (AvgIpc) is 3.55. The van der Waals surface area contributed by atoms with Crippen LogP contribution in [-0.4, -0.2) is 53.5 Å². The molecule has 1 aliphatic carbocycles. The minimum atomic E-state index is -1.53. The van der Waals surface area contributed by atoms with E-state index in [0.717, 1.165) is 10.5 Å². The molecule has 3 atom stereocenters. The highest BCUT2D eigenvalue weighted by Crippen LogP contribution is 2.46. The summed E-state index contributed by atoms with van der Waals surface area (Å²) in [5.74, 6) is -1.60. The van der Waals surface area contributed by atoms with Crippen LogP contribution in [-0.2, 0) is 26.3 Å². The van der Waals surface area contributed by atoms with Crippen molar-refractivity contribution in [3.63, 3.8) is 0 Å². The van der Waals surface area contributed by atoms with Crippen LogP contribution in [0.4, 0.5) is 19.7 Å². The summed E-state index contributed by atoms with van der Waals surface area (Å²) in [5, 5.41) is 5.13. The van der Waals surface area contributed by atoms with Gasteiger partial charge in [-0.3, -0.25) is 19.3 Å². The fourth-order valence-electron chi connectivity index (χ4n) is 5.41. The number of rotatable bonds is 4. The van der Waals surface area contributed by atoms with Gasteiger partial charge in [0.15, 0.2) is 0 Å². The molecule has 1 spiro atoms. The van der Waals surface area contributed by atoms with Gasteiger partial charge in [-0.2, -0.15) is 0 Å². The Labute approximate surface area is 212 Å². The van der Waals surface area contributed by atoms with Gasteiger partial charge >= 0.3 is 18.3 Å². The number of likely N-dealkylation sites (tertiary alicyclic amines) is 1. The van der Waals surface area contributed by atoms with Gasteiger partial charge < -0.3 is 15.4 Å². The van der Waals surface area contributed by atoms with Crippen molar-refractivity contribution in [1.82, 2.24) is 15.1 Å². The Morgan fingerprint density at radius 1 is 1.19 bits per heavy atom. The van der Waals surface area contributed by atoms with E-state index in [4.69, 9.17) is 11.3 Å². The summed E-state index contributed by atoms with van der Waals surface area (Å²) in [6.45, 7) is 6.97. The van der Waals surface area contributed by atoms with Crippen LogP contribution >= 0.6 is 0 Å². The van der Waals surface area contributed by atoms with Crippen LogP contribution in [0.25, 0.3) is 4.85 Å². The summed E-state index contributed by atoms with van der Waals surface area (Å²) >= 11 is 0. The number of benzene rings is 2. The van der Waals surface area contributed by atoms with Gasteiger partial charge in [-0.05, 0) is 48.2 Å². The molecule has 10 nitrogen and oxygen atoms in total. The summed E-state index contributed by atoms with van der Waals surface area (Å²) in [6, 6.07) is 9.86. The Hall–Kier alpha value is -4.46. The van der Waals surface area contributed by atoms with Crippen molar-refractivity contribution >= 4 is 29.6 Å². The van der Waals surface area contributed by atoms with E-state index in [1.807, 2.05) is 0 Å². The number of carbonyl (C=O) groups is 4. The molecule has 37 heavy (non-hydrogen) atoms. The highest BCUT2D eigenvalue weighted by Gasteiger charge is 2.59. The number of halogens is 1. The Morgan fingerprint density at radius 2 is 1.95 bits per heavy atom. The Kier molecular flexibility index (Phi) is 6.03. The lowest BCUT2D eigenvalue weighted by molar-refractivity contribution is -0.142. The summed E-state index contributed by atoms with van der Waals surface area (Å²) in [5.41, 5.74) is 0.960. The molecule has 2 N–H and O–H groups in total. The maximum absolute atomic E-state index is 13.5. The van der Waals surface area contributed by atoms with Crippen molar-refractivity contribution in [3.05, 3.63) is 76.4 Å². The topological polar surface area (TPSA) is 112 Å². The lowest BCUT2D eigenvalue weighted by Gasteiger charge is -2.26. The normalized spacial score (nSPS) is 24.1. The van der Waals surface area contributed by atoms with Crippen LogP contribution in [0.1, 0.15) is 42.0 Å². The molecular formula is C26H24FN5O5. The molecule has 2 saturated heterocycles. The van der Waals surface area contributed by atoms with Gasteiger partial charge in [-0.25, -0.2) is 25.5 Å². The Balaban J connectivity index is 1.37. The first kappa shape index (κ1) is 24.2. The minimum absolute atomic E-state index is 0.216. The molecule has 0 radical (unpaired) electrons. The van der Waals surface area contributed by atoms with Crippen molar-refractivity contribution in [2.24, 2.45) is 0 Å². The van der Waals surface area contributed by atoms with Crippen LogP contribution in [0, 0.1) is 12.4 Å². The SMILES string of the molecule is [C-]#[N+][C@H]1CC[C@H](c2ccc(F)cc2)N1C(=O)CN1C(=O)OC2(CCc3cc(NC(=O)NC)ccc32)C1=O. The number of hydrogen-bond acceptors (Lipinski definition) is 5. The zero-order valence-corrected chi connectivity index (χ0v) is 20.0. The fourth-order valence-corrected chi connectivity index (χ4v) is 5.41. The third-order valence-electron chi connectivity index (χ3n) is 7.18. The van der Waals surface area contributed by atoms with Crippen LogP contribution in [0.5, 0.6) is 0 Å². The molecule has 2 heterocycles. The minimum Gasteiger partial charge on any atom is -0.427 e. The number of fused-ring (bicyclic) bond motifs is 2. The van der Waals surface area contributed by atoms with Crippen molar-refractivity contribution in [3.8, 4) is 0 Å². The quantitative estimate of drug-likeness (QED) is 0.620. The molecule has 2 aliphatic heterocycles. The standard InChI is InChI=1S/C26H24FN5O5/c1-28-21-10-9-20(15-3-5-17(27)6-4-15)32(21)22(33)14-31-23(34)26(37-25(31)36)12-11-16-13-18(7-8-19(16)26)30-24(35)29-2/h3-8,13,20-21H,9-12,14H2,2H3,(H2,29,30,35)/t20-,21-,26?/m1/s1. The van der Waals surface area contributed by atoms with Crippen LogP contribution in [0.3, 0.4) is 0 Å². The monoisotopic (exact) mass is 505 g/mol. The highest BCUT2D eigenvalue weighted by atomic mass is 19.1. The summed E-state index contributed by atoms with van der Waals surface area (Å²) < 4.78 is 19.0. The molecule has 1 unspecified atom stereocenters. The second-order valence-corrected chi connectivity index (χ2v) is 9.22. The third-order valence-corrected chi connectivity index (χ3v) is 7.18. The van der Waals surface area contributed by atoms with Crippen molar-refractivity contribution in [1.29, 1.82) is 0 Å². The second kappa shape index (κ2) is 9.20. The molecule has 2 fully saturated rings. The zero-order valence-electron chi connectivity index (χ0n) is 20.0. The molecule has 0 aromatic heterocycles. The number of anilines is 1. The van der Waals surface area contributed by atoms with Crippen molar-refractivity contribution in [2.45, 2.75) is 43.5 Å². The predicted octanol–water partition coefficient (Wildman–Crippen LogP) is 3.31. The smallest absolute Gasteiger partial charge is 0.418 e. The van der Waals surface area contributed by atoms with Crippen molar-refractivity contribution < 1.29 is 28.3 Å². The first-order valence-corrected chi connectivity index (χ1v) is 11.9. The number of carbonyl (C=O) groups excluding carboxylic acids is 4. The molecule has 2 aromatic rings. The number of nitrogens with zero attached hydrogens (tertiary/aromatic N) is 3. The lowest BCUT2D eigenvalue weighted by Crippen LogP contribution is -2.46. The molecule has 0 saturated carbocycles. The van der Waals surface area contributed by atoms with Gasteiger partial charge in [0.1, 0.15) is 12.4 Å². The van der Waals surface area contributed by atoms with Gasteiger partial charge in [-0.1, -0.05) is 18.2 Å².